The summed E-state index contributed by atoms with van der Waals surface area (Å²) < 4.78 is 15.8. The van der Waals surface area contributed by atoms with E-state index in [1.54, 1.807) is 7.11 Å². The van der Waals surface area contributed by atoms with E-state index in [-0.39, 0.29) is 11.9 Å². The van der Waals surface area contributed by atoms with E-state index in [2.05, 4.69) is 10.1 Å². The molecule has 0 unspecified atom stereocenters. The molecule has 2 aromatic rings. The number of rotatable bonds is 6. The van der Waals surface area contributed by atoms with Crippen molar-refractivity contribution in [3.8, 4) is 17.1 Å². The van der Waals surface area contributed by atoms with Gasteiger partial charge in [-0.2, -0.15) is 4.98 Å². The van der Waals surface area contributed by atoms with Gasteiger partial charge in [0.25, 0.3) is 0 Å². The Morgan fingerprint density at radius 1 is 1.36 bits per heavy atom. The summed E-state index contributed by atoms with van der Waals surface area (Å²) in [5, 5.41) is 4.00. The molecule has 134 valence electrons. The molecular weight excluding hydrogens is 322 g/mol. The van der Waals surface area contributed by atoms with E-state index in [0.29, 0.717) is 50.7 Å². The number of aromatic nitrogens is 2. The van der Waals surface area contributed by atoms with Crippen LogP contribution < -0.4 is 4.74 Å². The summed E-state index contributed by atoms with van der Waals surface area (Å²) in [4.78, 5) is 18.6. The van der Waals surface area contributed by atoms with E-state index in [1.165, 1.54) is 0 Å². The Morgan fingerprint density at radius 2 is 2.16 bits per heavy atom. The first-order valence-corrected chi connectivity index (χ1v) is 8.51. The maximum Gasteiger partial charge on any atom is 0.226 e. The molecule has 0 radical (unpaired) electrons. The molecule has 0 N–H and O–H groups in total. The smallest absolute Gasteiger partial charge is 0.226 e. The minimum atomic E-state index is 0.145. The van der Waals surface area contributed by atoms with E-state index in [1.807, 2.05) is 36.1 Å². The van der Waals surface area contributed by atoms with Crippen LogP contribution in [0.3, 0.4) is 0 Å². The zero-order valence-electron chi connectivity index (χ0n) is 14.6. The number of carbonyl (C=O) groups is 1. The molecule has 1 saturated heterocycles. The zero-order valence-corrected chi connectivity index (χ0v) is 14.6. The highest BCUT2D eigenvalue weighted by Gasteiger charge is 2.23. The molecule has 25 heavy (non-hydrogen) atoms. The summed E-state index contributed by atoms with van der Waals surface area (Å²) in [6, 6.07) is 7.63. The number of aryl methyl sites for hydroxylation is 1. The van der Waals surface area contributed by atoms with Crippen molar-refractivity contribution in [1.29, 1.82) is 0 Å². The number of amides is 1. The molecule has 7 nitrogen and oxygen atoms in total. The van der Waals surface area contributed by atoms with Crippen molar-refractivity contribution in [2.45, 2.75) is 32.2 Å². The van der Waals surface area contributed by atoms with Crippen LogP contribution in [-0.4, -0.2) is 53.9 Å². The molecule has 0 saturated carbocycles. The minimum Gasteiger partial charge on any atom is -0.497 e. The van der Waals surface area contributed by atoms with E-state index in [4.69, 9.17) is 14.0 Å². The topological polar surface area (TPSA) is 77.7 Å². The van der Waals surface area contributed by atoms with Crippen molar-refractivity contribution >= 4 is 5.91 Å². The van der Waals surface area contributed by atoms with Crippen molar-refractivity contribution in [2.24, 2.45) is 0 Å². The van der Waals surface area contributed by atoms with Gasteiger partial charge in [-0.1, -0.05) is 5.16 Å². The molecule has 7 heteroatoms. The molecule has 0 bridgehead atoms. The van der Waals surface area contributed by atoms with Crippen LogP contribution in [0, 0.1) is 0 Å². The van der Waals surface area contributed by atoms with Gasteiger partial charge in [-0.25, -0.2) is 0 Å². The van der Waals surface area contributed by atoms with Gasteiger partial charge in [0.15, 0.2) is 0 Å². The van der Waals surface area contributed by atoms with Gasteiger partial charge in [-0.15, -0.1) is 0 Å². The highest BCUT2D eigenvalue weighted by molar-refractivity contribution is 5.76. The SMILES string of the molecule is COc1ccc(-c2noc(CCCC(=O)N3CCOC[C@H]3C)n2)cc1. The highest BCUT2D eigenvalue weighted by Crippen LogP contribution is 2.20. The Morgan fingerprint density at radius 3 is 2.88 bits per heavy atom. The zero-order chi connectivity index (χ0) is 17.6. The van der Waals surface area contributed by atoms with Gasteiger partial charge in [-0.05, 0) is 37.6 Å². The largest absolute Gasteiger partial charge is 0.497 e. The molecule has 1 aromatic carbocycles. The van der Waals surface area contributed by atoms with Crippen LogP contribution in [0.25, 0.3) is 11.4 Å². The number of carbonyl (C=O) groups excluding carboxylic acids is 1. The molecule has 0 aliphatic carbocycles. The molecule has 0 spiro atoms. The molecule has 3 rings (SSSR count). The third-order valence-corrected chi connectivity index (χ3v) is 4.29. The van der Waals surface area contributed by atoms with Crippen LogP contribution in [0.1, 0.15) is 25.7 Å². The molecule has 1 aliphatic heterocycles. The van der Waals surface area contributed by atoms with Crippen LogP contribution in [-0.2, 0) is 16.0 Å². The molecule has 1 amide bonds. The van der Waals surface area contributed by atoms with Gasteiger partial charge in [0.2, 0.25) is 17.6 Å². The molecule has 1 fully saturated rings. The standard InChI is InChI=1S/C18H23N3O4/c1-13-12-24-11-10-21(13)17(22)5-3-4-16-19-18(20-25-16)14-6-8-15(23-2)9-7-14/h6-9,13H,3-5,10-12H2,1-2H3/t13-/m1/s1. The summed E-state index contributed by atoms with van der Waals surface area (Å²) in [6.45, 7) is 3.91. The maximum atomic E-state index is 12.3. The monoisotopic (exact) mass is 345 g/mol. The Balaban J connectivity index is 1.50. The number of ether oxygens (including phenoxy) is 2. The number of morpholine rings is 1. The van der Waals surface area contributed by atoms with E-state index >= 15 is 0 Å². The third-order valence-electron chi connectivity index (χ3n) is 4.29. The second-order valence-corrected chi connectivity index (χ2v) is 6.10. The fraction of sp³-hybridized carbons (Fsp3) is 0.500. The fourth-order valence-electron chi connectivity index (χ4n) is 2.85. The number of hydrogen-bond acceptors (Lipinski definition) is 6. The van der Waals surface area contributed by atoms with Gasteiger partial charge in [0, 0.05) is 24.9 Å². The van der Waals surface area contributed by atoms with Gasteiger partial charge in [-0.3, -0.25) is 4.79 Å². The van der Waals surface area contributed by atoms with Crippen LogP contribution in [0.5, 0.6) is 5.75 Å². The van der Waals surface area contributed by atoms with Crippen molar-refractivity contribution in [3.63, 3.8) is 0 Å². The van der Waals surface area contributed by atoms with Crippen molar-refractivity contribution < 1.29 is 18.8 Å². The summed E-state index contributed by atoms with van der Waals surface area (Å²) in [7, 11) is 1.63. The molecule has 1 aliphatic rings. The van der Waals surface area contributed by atoms with Gasteiger partial charge in [0.05, 0.1) is 26.4 Å². The summed E-state index contributed by atoms with van der Waals surface area (Å²) in [5.74, 6) is 2.04. The average molecular weight is 345 g/mol. The normalized spacial score (nSPS) is 17.5. The van der Waals surface area contributed by atoms with Crippen LogP contribution in [0.2, 0.25) is 0 Å². The lowest BCUT2D eigenvalue weighted by atomic mass is 10.1. The summed E-state index contributed by atoms with van der Waals surface area (Å²) in [5.41, 5.74) is 0.869. The van der Waals surface area contributed by atoms with E-state index in [9.17, 15) is 4.79 Å². The Labute approximate surface area is 146 Å². The van der Waals surface area contributed by atoms with Crippen LogP contribution in [0.4, 0.5) is 0 Å². The fourth-order valence-corrected chi connectivity index (χ4v) is 2.85. The molecule has 2 heterocycles. The average Bonchev–Trinajstić information content (AvgIpc) is 3.11. The predicted molar refractivity (Wildman–Crippen MR) is 91.2 cm³/mol. The first kappa shape index (κ1) is 17.4. The number of methoxy groups -OCH3 is 1. The Hall–Kier alpha value is -2.41. The Bertz CT molecular complexity index is 699. The lowest BCUT2D eigenvalue weighted by Gasteiger charge is -2.33. The number of benzene rings is 1. The minimum absolute atomic E-state index is 0.145. The lowest BCUT2D eigenvalue weighted by molar-refractivity contribution is -0.139. The second-order valence-electron chi connectivity index (χ2n) is 6.10. The summed E-state index contributed by atoms with van der Waals surface area (Å²) >= 11 is 0. The highest BCUT2D eigenvalue weighted by atomic mass is 16.5. The molecule has 1 aromatic heterocycles. The first-order chi connectivity index (χ1) is 12.2. The van der Waals surface area contributed by atoms with Gasteiger partial charge < -0.3 is 18.9 Å². The van der Waals surface area contributed by atoms with E-state index < -0.39 is 0 Å². The van der Waals surface area contributed by atoms with Crippen molar-refractivity contribution in [2.75, 3.05) is 26.9 Å². The Kier molecular flexibility index (Phi) is 5.65. The maximum absolute atomic E-state index is 12.3. The third kappa shape index (κ3) is 4.36. The van der Waals surface area contributed by atoms with Crippen LogP contribution in [0.15, 0.2) is 28.8 Å². The predicted octanol–water partition coefficient (Wildman–Crippen LogP) is 2.32. The number of nitrogens with zero attached hydrogens (tertiary/aromatic N) is 3. The molecule has 1 atom stereocenters. The quantitative estimate of drug-likeness (QED) is 0.799. The first-order valence-electron chi connectivity index (χ1n) is 8.51. The van der Waals surface area contributed by atoms with Crippen molar-refractivity contribution in [1.82, 2.24) is 15.0 Å². The summed E-state index contributed by atoms with van der Waals surface area (Å²) in [6.07, 6.45) is 1.76. The van der Waals surface area contributed by atoms with Crippen molar-refractivity contribution in [3.05, 3.63) is 30.2 Å². The number of hydrogen-bond donors (Lipinski definition) is 0. The van der Waals surface area contributed by atoms with E-state index in [0.717, 1.165) is 11.3 Å². The second kappa shape index (κ2) is 8.11. The lowest BCUT2D eigenvalue weighted by Crippen LogP contribution is -2.47. The molecular formula is C18H23N3O4. The van der Waals surface area contributed by atoms with Gasteiger partial charge in [0.1, 0.15) is 5.75 Å². The van der Waals surface area contributed by atoms with Gasteiger partial charge >= 0.3 is 0 Å². The van der Waals surface area contributed by atoms with Crippen LogP contribution >= 0.6 is 0 Å².